The van der Waals surface area contributed by atoms with Gasteiger partial charge in [0.1, 0.15) is 5.75 Å². The van der Waals surface area contributed by atoms with E-state index >= 15 is 0 Å². The van der Waals surface area contributed by atoms with Crippen molar-refractivity contribution >= 4 is 26.7 Å². The first-order valence-electron chi connectivity index (χ1n) is 7.60. The summed E-state index contributed by atoms with van der Waals surface area (Å²) in [6.07, 6.45) is 6.78. The molecular weight excluding hydrogens is 312 g/mol. The summed E-state index contributed by atoms with van der Waals surface area (Å²) in [5.41, 5.74) is 0. The molecule has 1 aliphatic carbocycles. The Kier molecular flexibility index (Phi) is 4.30. The van der Waals surface area contributed by atoms with Crippen molar-refractivity contribution in [2.24, 2.45) is 5.92 Å². The summed E-state index contributed by atoms with van der Waals surface area (Å²) in [5.74, 6) is 1.93. The standard InChI is InChI=1S/C18H21BrO/c1-2-13-3-8-17(9-4-13)20-18-10-6-14-11-16(19)7-5-15(14)12-18/h5-7,10-13,17H,2-4,8-9H2,1H3. The van der Waals surface area contributed by atoms with Crippen LogP contribution in [0, 0.1) is 5.92 Å². The van der Waals surface area contributed by atoms with Crippen molar-refractivity contribution < 1.29 is 4.74 Å². The Morgan fingerprint density at radius 1 is 1.00 bits per heavy atom. The second-order valence-corrected chi connectivity index (χ2v) is 6.74. The van der Waals surface area contributed by atoms with Crippen LogP contribution in [0.2, 0.25) is 0 Å². The van der Waals surface area contributed by atoms with E-state index < -0.39 is 0 Å². The molecule has 2 aromatic rings. The molecule has 0 amide bonds. The number of fused-ring (bicyclic) bond motifs is 1. The van der Waals surface area contributed by atoms with Crippen LogP contribution in [0.4, 0.5) is 0 Å². The lowest BCUT2D eigenvalue weighted by Crippen LogP contribution is -2.23. The highest BCUT2D eigenvalue weighted by molar-refractivity contribution is 9.10. The van der Waals surface area contributed by atoms with Crippen molar-refractivity contribution in [3.8, 4) is 5.75 Å². The molecule has 106 valence electrons. The fraction of sp³-hybridized carbons (Fsp3) is 0.444. The lowest BCUT2D eigenvalue weighted by atomic mass is 9.86. The van der Waals surface area contributed by atoms with Crippen LogP contribution < -0.4 is 4.74 Å². The van der Waals surface area contributed by atoms with Gasteiger partial charge in [0.05, 0.1) is 6.10 Å². The van der Waals surface area contributed by atoms with Gasteiger partial charge in [0.15, 0.2) is 0 Å². The molecule has 1 saturated carbocycles. The van der Waals surface area contributed by atoms with Crippen molar-refractivity contribution in [3.63, 3.8) is 0 Å². The fourth-order valence-electron chi connectivity index (χ4n) is 3.12. The molecule has 0 unspecified atom stereocenters. The van der Waals surface area contributed by atoms with Gasteiger partial charge in [-0.25, -0.2) is 0 Å². The van der Waals surface area contributed by atoms with Gasteiger partial charge in [-0.15, -0.1) is 0 Å². The maximum absolute atomic E-state index is 6.17. The fourth-order valence-corrected chi connectivity index (χ4v) is 3.50. The number of hydrogen-bond donors (Lipinski definition) is 0. The Hall–Kier alpha value is -1.02. The predicted molar refractivity (Wildman–Crippen MR) is 88.3 cm³/mol. The Morgan fingerprint density at radius 3 is 2.45 bits per heavy atom. The Morgan fingerprint density at radius 2 is 1.70 bits per heavy atom. The molecule has 0 atom stereocenters. The summed E-state index contributed by atoms with van der Waals surface area (Å²) in [7, 11) is 0. The molecule has 0 radical (unpaired) electrons. The van der Waals surface area contributed by atoms with Gasteiger partial charge in [0.2, 0.25) is 0 Å². The molecule has 1 aliphatic rings. The second-order valence-electron chi connectivity index (χ2n) is 5.82. The molecule has 20 heavy (non-hydrogen) atoms. The largest absolute Gasteiger partial charge is 0.490 e. The quantitative estimate of drug-likeness (QED) is 0.674. The molecule has 2 aromatic carbocycles. The van der Waals surface area contributed by atoms with Gasteiger partial charge in [0.25, 0.3) is 0 Å². The van der Waals surface area contributed by atoms with Crippen LogP contribution in [-0.4, -0.2) is 6.10 Å². The van der Waals surface area contributed by atoms with E-state index in [0.29, 0.717) is 6.10 Å². The Labute approximate surface area is 129 Å². The van der Waals surface area contributed by atoms with Crippen LogP contribution in [0.1, 0.15) is 39.0 Å². The van der Waals surface area contributed by atoms with Crippen LogP contribution in [0.15, 0.2) is 40.9 Å². The van der Waals surface area contributed by atoms with Crippen molar-refractivity contribution in [1.29, 1.82) is 0 Å². The van der Waals surface area contributed by atoms with Gasteiger partial charge >= 0.3 is 0 Å². The second kappa shape index (κ2) is 6.17. The smallest absolute Gasteiger partial charge is 0.120 e. The molecule has 0 N–H and O–H groups in total. The molecule has 1 nitrogen and oxygen atoms in total. The van der Waals surface area contributed by atoms with E-state index in [4.69, 9.17) is 4.74 Å². The molecule has 1 fully saturated rings. The van der Waals surface area contributed by atoms with Crippen molar-refractivity contribution in [1.82, 2.24) is 0 Å². The van der Waals surface area contributed by atoms with Crippen LogP contribution in [-0.2, 0) is 0 Å². The first kappa shape index (κ1) is 13.9. The molecule has 3 rings (SSSR count). The zero-order chi connectivity index (χ0) is 13.9. The van der Waals surface area contributed by atoms with Gasteiger partial charge in [-0.05, 0) is 66.6 Å². The van der Waals surface area contributed by atoms with E-state index in [1.807, 2.05) is 0 Å². The normalized spacial score (nSPS) is 22.9. The highest BCUT2D eigenvalue weighted by Crippen LogP contribution is 2.30. The van der Waals surface area contributed by atoms with Gasteiger partial charge in [-0.1, -0.05) is 41.4 Å². The number of hydrogen-bond acceptors (Lipinski definition) is 1. The average Bonchev–Trinajstić information content (AvgIpc) is 2.48. The van der Waals surface area contributed by atoms with Gasteiger partial charge < -0.3 is 4.74 Å². The summed E-state index contributed by atoms with van der Waals surface area (Å²) < 4.78 is 7.30. The SMILES string of the molecule is CCC1CCC(Oc2ccc3cc(Br)ccc3c2)CC1. The van der Waals surface area contributed by atoms with Gasteiger partial charge in [0, 0.05) is 4.47 Å². The Balaban J connectivity index is 1.70. The maximum atomic E-state index is 6.17. The van der Waals surface area contributed by atoms with Crippen molar-refractivity contribution in [2.45, 2.75) is 45.1 Å². The zero-order valence-corrected chi connectivity index (χ0v) is 13.5. The molecule has 0 aromatic heterocycles. The number of ether oxygens (including phenoxy) is 1. The minimum absolute atomic E-state index is 0.408. The number of rotatable bonds is 3. The summed E-state index contributed by atoms with van der Waals surface area (Å²) in [6, 6.07) is 12.8. The summed E-state index contributed by atoms with van der Waals surface area (Å²) in [6.45, 7) is 2.30. The predicted octanol–water partition coefficient (Wildman–Crippen LogP) is 5.95. The van der Waals surface area contributed by atoms with Crippen LogP contribution >= 0.6 is 15.9 Å². The van der Waals surface area contributed by atoms with E-state index in [1.165, 1.54) is 42.9 Å². The highest BCUT2D eigenvalue weighted by Gasteiger charge is 2.21. The van der Waals surface area contributed by atoms with Crippen molar-refractivity contribution in [3.05, 3.63) is 40.9 Å². The van der Waals surface area contributed by atoms with Crippen LogP contribution in [0.3, 0.4) is 0 Å². The van der Waals surface area contributed by atoms with Crippen molar-refractivity contribution in [2.75, 3.05) is 0 Å². The first-order valence-corrected chi connectivity index (χ1v) is 8.40. The zero-order valence-electron chi connectivity index (χ0n) is 11.9. The molecule has 0 spiro atoms. The lowest BCUT2D eigenvalue weighted by molar-refractivity contribution is 0.130. The average molecular weight is 333 g/mol. The molecule has 0 heterocycles. The third-order valence-corrected chi connectivity index (χ3v) is 4.94. The topological polar surface area (TPSA) is 9.23 Å². The first-order chi connectivity index (χ1) is 9.74. The van der Waals surface area contributed by atoms with Crippen LogP contribution in [0.25, 0.3) is 10.8 Å². The minimum atomic E-state index is 0.408. The number of benzene rings is 2. The third-order valence-electron chi connectivity index (χ3n) is 4.45. The summed E-state index contributed by atoms with van der Waals surface area (Å²) in [5, 5.41) is 2.49. The Bertz CT molecular complexity index is 585. The third kappa shape index (κ3) is 3.17. The van der Waals surface area contributed by atoms with E-state index in [-0.39, 0.29) is 0 Å². The minimum Gasteiger partial charge on any atom is -0.490 e. The van der Waals surface area contributed by atoms with E-state index in [1.54, 1.807) is 0 Å². The molecule has 2 heteroatoms. The molecule has 0 aliphatic heterocycles. The molecule has 0 saturated heterocycles. The van der Waals surface area contributed by atoms with E-state index in [9.17, 15) is 0 Å². The van der Waals surface area contributed by atoms with Crippen LogP contribution in [0.5, 0.6) is 5.75 Å². The van der Waals surface area contributed by atoms with Gasteiger partial charge in [-0.3, -0.25) is 0 Å². The number of halogens is 1. The lowest BCUT2D eigenvalue weighted by Gasteiger charge is -2.28. The van der Waals surface area contributed by atoms with E-state index in [0.717, 1.165) is 16.1 Å². The van der Waals surface area contributed by atoms with Gasteiger partial charge in [-0.2, -0.15) is 0 Å². The van der Waals surface area contributed by atoms with E-state index in [2.05, 4.69) is 59.3 Å². The highest BCUT2D eigenvalue weighted by atomic mass is 79.9. The summed E-state index contributed by atoms with van der Waals surface area (Å²) in [4.78, 5) is 0. The molecular formula is C18H21BrO. The maximum Gasteiger partial charge on any atom is 0.120 e. The molecule has 0 bridgehead atoms. The monoisotopic (exact) mass is 332 g/mol. The summed E-state index contributed by atoms with van der Waals surface area (Å²) >= 11 is 3.51.